The molecular formula is C14H17Cl2N3O3S. The van der Waals surface area contributed by atoms with Gasteiger partial charge in [0.1, 0.15) is 10.7 Å². The molecule has 0 saturated heterocycles. The lowest BCUT2D eigenvalue weighted by molar-refractivity contribution is 0.0949. The zero-order valence-electron chi connectivity index (χ0n) is 12.1. The molecule has 2 aromatic rings. The second-order valence-electron chi connectivity index (χ2n) is 4.50. The molecule has 0 spiro atoms. The van der Waals surface area contributed by atoms with Gasteiger partial charge in [0.25, 0.3) is 5.91 Å². The SMILES string of the molecule is Cl.Cl.NCCCNC(=O)c1csc(-c2ccc3c(c2)OCO3)n1. The van der Waals surface area contributed by atoms with Crippen LogP contribution in [-0.2, 0) is 0 Å². The van der Waals surface area contributed by atoms with Gasteiger partial charge < -0.3 is 20.5 Å². The maximum atomic E-state index is 11.9. The Morgan fingerprint density at radius 1 is 1.30 bits per heavy atom. The number of nitrogens with zero attached hydrogens (tertiary/aromatic N) is 1. The van der Waals surface area contributed by atoms with Crippen LogP contribution in [0.4, 0.5) is 0 Å². The van der Waals surface area contributed by atoms with Crippen LogP contribution in [0.2, 0.25) is 0 Å². The van der Waals surface area contributed by atoms with Crippen molar-refractivity contribution in [2.75, 3.05) is 19.9 Å². The van der Waals surface area contributed by atoms with Crippen molar-refractivity contribution in [1.82, 2.24) is 10.3 Å². The minimum absolute atomic E-state index is 0. The molecule has 1 amide bonds. The van der Waals surface area contributed by atoms with Gasteiger partial charge in [-0.2, -0.15) is 0 Å². The van der Waals surface area contributed by atoms with E-state index in [-0.39, 0.29) is 37.5 Å². The number of halogens is 2. The van der Waals surface area contributed by atoms with Crippen molar-refractivity contribution in [3.8, 4) is 22.1 Å². The fraction of sp³-hybridized carbons (Fsp3) is 0.286. The van der Waals surface area contributed by atoms with E-state index in [4.69, 9.17) is 15.2 Å². The average molecular weight is 378 g/mol. The summed E-state index contributed by atoms with van der Waals surface area (Å²) in [6.45, 7) is 1.36. The third-order valence-electron chi connectivity index (χ3n) is 3.02. The van der Waals surface area contributed by atoms with Gasteiger partial charge in [0.05, 0.1) is 0 Å². The van der Waals surface area contributed by atoms with Gasteiger partial charge >= 0.3 is 0 Å². The normalized spacial score (nSPS) is 11.3. The number of nitrogens with one attached hydrogen (secondary N) is 1. The van der Waals surface area contributed by atoms with Gasteiger partial charge in [-0.1, -0.05) is 0 Å². The number of hydrogen-bond donors (Lipinski definition) is 2. The summed E-state index contributed by atoms with van der Waals surface area (Å²) in [5.74, 6) is 1.26. The molecule has 0 aliphatic carbocycles. The molecule has 1 aromatic heterocycles. The number of hydrogen-bond acceptors (Lipinski definition) is 6. The second-order valence-corrected chi connectivity index (χ2v) is 5.36. The van der Waals surface area contributed by atoms with Crippen molar-refractivity contribution < 1.29 is 14.3 Å². The molecular weight excluding hydrogens is 361 g/mol. The molecule has 3 N–H and O–H groups in total. The van der Waals surface area contributed by atoms with E-state index in [1.54, 1.807) is 5.38 Å². The zero-order valence-corrected chi connectivity index (χ0v) is 14.6. The first-order valence-corrected chi connectivity index (χ1v) is 7.49. The number of nitrogens with two attached hydrogens (primary N) is 1. The van der Waals surface area contributed by atoms with Gasteiger partial charge in [0.15, 0.2) is 11.5 Å². The maximum absolute atomic E-state index is 11.9. The largest absolute Gasteiger partial charge is 0.454 e. The third-order valence-corrected chi connectivity index (χ3v) is 3.91. The minimum atomic E-state index is -0.174. The van der Waals surface area contributed by atoms with Crippen molar-refractivity contribution in [2.45, 2.75) is 6.42 Å². The number of aromatic nitrogens is 1. The molecule has 0 atom stereocenters. The Bertz CT molecular complexity index is 666. The van der Waals surface area contributed by atoms with Crippen molar-refractivity contribution >= 4 is 42.1 Å². The van der Waals surface area contributed by atoms with Crippen LogP contribution in [0, 0.1) is 0 Å². The number of ether oxygens (including phenoxy) is 2. The lowest BCUT2D eigenvalue weighted by Gasteiger charge is -2.01. The van der Waals surface area contributed by atoms with E-state index in [9.17, 15) is 4.79 Å². The lowest BCUT2D eigenvalue weighted by atomic mass is 10.2. The Labute approximate surface area is 150 Å². The molecule has 3 rings (SSSR count). The molecule has 0 fully saturated rings. The highest BCUT2D eigenvalue weighted by Crippen LogP contribution is 2.36. The molecule has 0 bridgehead atoms. The first-order valence-electron chi connectivity index (χ1n) is 6.62. The predicted octanol–water partition coefficient (Wildman–Crippen LogP) is 2.46. The number of amides is 1. The summed E-state index contributed by atoms with van der Waals surface area (Å²) in [5, 5.41) is 5.31. The van der Waals surface area contributed by atoms with Gasteiger partial charge in [-0.25, -0.2) is 4.98 Å². The van der Waals surface area contributed by atoms with E-state index >= 15 is 0 Å². The van der Waals surface area contributed by atoms with Crippen LogP contribution < -0.4 is 20.5 Å². The van der Waals surface area contributed by atoms with Crippen LogP contribution >= 0.6 is 36.2 Å². The third kappa shape index (κ3) is 4.48. The van der Waals surface area contributed by atoms with Crippen LogP contribution in [0.15, 0.2) is 23.6 Å². The highest BCUT2D eigenvalue weighted by atomic mass is 35.5. The Balaban J connectivity index is 0.00000132. The highest BCUT2D eigenvalue weighted by molar-refractivity contribution is 7.13. The number of thiazole rings is 1. The second kappa shape index (κ2) is 8.93. The Morgan fingerprint density at radius 2 is 2.09 bits per heavy atom. The van der Waals surface area contributed by atoms with Gasteiger partial charge in [-0.05, 0) is 31.2 Å². The van der Waals surface area contributed by atoms with E-state index in [1.807, 2.05) is 18.2 Å². The Kier molecular flexibility index (Phi) is 7.57. The number of fused-ring (bicyclic) bond motifs is 1. The molecule has 2 heterocycles. The molecule has 1 aliphatic heterocycles. The summed E-state index contributed by atoms with van der Waals surface area (Å²) >= 11 is 1.42. The van der Waals surface area contributed by atoms with E-state index in [2.05, 4.69) is 10.3 Å². The first-order chi connectivity index (χ1) is 10.3. The van der Waals surface area contributed by atoms with E-state index in [1.165, 1.54) is 11.3 Å². The van der Waals surface area contributed by atoms with Crippen LogP contribution in [0.3, 0.4) is 0 Å². The first kappa shape index (κ1) is 19.5. The number of benzene rings is 1. The molecule has 0 saturated carbocycles. The Hall–Kier alpha value is -1.54. The molecule has 9 heteroatoms. The molecule has 6 nitrogen and oxygen atoms in total. The fourth-order valence-corrected chi connectivity index (χ4v) is 2.73. The van der Waals surface area contributed by atoms with Gasteiger partial charge in [-0.15, -0.1) is 36.2 Å². The molecule has 126 valence electrons. The van der Waals surface area contributed by atoms with Crippen molar-refractivity contribution in [2.24, 2.45) is 5.73 Å². The topological polar surface area (TPSA) is 86.5 Å². The molecule has 0 radical (unpaired) electrons. The number of carbonyl (C=O) groups is 1. The summed E-state index contributed by atoms with van der Waals surface area (Å²) in [6, 6.07) is 5.62. The van der Waals surface area contributed by atoms with E-state index < -0.39 is 0 Å². The highest BCUT2D eigenvalue weighted by Gasteiger charge is 2.16. The van der Waals surface area contributed by atoms with Crippen LogP contribution in [0.25, 0.3) is 10.6 Å². The summed E-state index contributed by atoms with van der Waals surface area (Å²) < 4.78 is 10.6. The van der Waals surface area contributed by atoms with Gasteiger partial charge in [0.2, 0.25) is 6.79 Å². The number of rotatable bonds is 5. The summed E-state index contributed by atoms with van der Waals surface area (Å²) in [5.41, 5.74) is 6.72. The lowest BCUT2D eigenvalue weighted by Crippen LogP contribution is -2.26. The smallest absolute Gasteiger partial charge is 0.270 e. The molecule has 1 aliphatic rings. The molecule has 23 heavy (non-hydrogen) atoms. The van der Waals surface area contributed by atoms with Gasteiger partial charge in [-0.3, -0.25) is 4.79 Å². The maximum Gasteiger partial charge on any atom is 0.270 e. The van der Waals surface area contributed by atoms with Crippen LogP contribution in [0.1, 0.15) is 16.9 Å². The average Bonchev–Trinajstić information content (AvgIpc) is 3.15. The quantitative estimate of drug-likeness (QED) is 0.781. The molecule has 0 unspecified atom stereocenters. The zero-order chi connectivity index (χ0) is 14.7. The van der Waals surface area contributed by atoms with Crippen LogP contribution in [0.5, 0.6) is 11.5 Å². The van der Waals surface area contributed by atoms with Gasteiger partial charge in [0, 0.05) is 17.5 Å². The van der Waals surface area contributed by atoms with E-state index in [0.29, 0.717) is 24.5 Å². The Morgan fingerprint density at radius 3 is 2.87 bits per heavy atom. The molecule has 1 aromatic carbocycles. The van der Waals surface area contributed by atoms with Crippen molar-refractivity contribution in [1.29, 1.82) is 0 Å². The van der Waals surface area contributed by atoms with Crippen molar-refractivity contribution in [3.63, 3.8) is 0 Å². The van der Waals surface area contributed by atoms with Crippen LogP contribution in [-0.4, -0.2) is 30.8 Å². The predicted molar refractivity (Wildman–Crippen MR) is 94.2 cm³/mol. The summed E-state index contributed by atoms with van der Waals surface area (Å²) in [4.78, 5) is 16.3. The summed E-state index contributed by atoms with van der Waals surface area (Å²) in [6.07, 6.45) is 0.755. The number of carbonyl (C=O) groups excluding carboxylic acids is 1. The van der Waals surface area contributed by atoms with Crippen molar-refractivity contribution in [3.05, 3.63) is 29.3 Å². The van der Waals surface area contributed by atoms with E-state index in [0.717, 1.165) is 22.7 Å². The minimum Gasteiger partial charge on any atom is -0.454 e. The fourth-order valence-electron chi connectivity index (χ4n) is 1.93. The summed E-state index contributed by atoms with van der Waals surface area (Å²) in [7, 11) is 0. The monoisotopic (exact) mass is 377 g/mol. The standard InChI is InChI=1S/C14H15N3O3S.2ClH/c15-4-1-5-16-13(18)10-7-21-14(17-10)9-2-3-11-12(6-9)20-8-19-11;;/h2-3,6-7H,1,4-5,8,15H2,(H,16,18);2*1H.